The molecule has 35 heavy (non-hydrogen) atoms. The van der Waals surface area contributed by atoms with Crippen molar-refractivity contribution < 1.29 is 9.53 Å². The quantitative estimate of drug-likeness (QED) is 0.279. The van der Waals surface area contributed by atoms with Crippen LogP contribution in [-0.2, 0) is 9.53 Å². The molecule has 0 radical (unpaired) electrons. The summed E-state index contributed by atoms with van der Waals surface area (Å²) in [6, 6.07) is 0. The maximum absolute atomic E-state index is 11.7. The van der Waals surface area contributed by atoms with Gasteiger partial charge in [-0.1, -0.05) is 71.8 Å². The van der Waals surface area contributed by atoms with Gasteiger partial charge in [0.05, 0.1) is 0 Å². The van der Waals surface area contributed by atoms with Crippen molar-refractivity contribution in [3.8, 4) is 0 Å². The maximum atomic E-state index is 11.7. The van der Waals surface area contributed by atoms with Gasteiger partial charge < -0.3 is 4.74 Å². The minimum Gasteiger partial charge on any atom is -0.462 e. The van der Waals surface area contributed by atoms with E-state index in [4.69, 9.17) is 4.74 Å². The minimum absolute atomic E-state index is 0.106. The van der Waals surface area contributed by atoms with Gasteiger partial charge in [-0.3, -0.25) is 4.79 Å². The summed E-state index contributed by atoms with van der Waals surface area (Å²) in [6.07, 6.45) is 16.7. The third kappa shape index (κ3) is 4.27. The van der Waals surface area contributed by atoms with Gasteiger partial charge in [-0.2, -0.15) is 0 Å². The van der Waals surface area contributed by atoms with Crippen LogP contribution in [0.4, 0.5) is 0 Å². The molecule has 4 aliphatic rings. The lowest BCUT2D eigenvalue weighted by Gasteiger charge is -2.62. The molecule has 198 valence electrons. The summed E-state index contributed by atoms with van der Waals surface area (Å²) in [5.41, 5.74) is 4.59. The number of ether oxygens (including phenoxy) is 1. The Balaban J connectivity index is 1.55. The highest BCUT2D eigenvalue weighted by atomic mass is 16.5. The van der Waals surface area contributed by atoms with Crippen LogP contribution in [0.25, 0.3) is 0 Å². The van der Waals surface area contributed by atoms with Crippen LogP contribution in [0.1, 0.15) is 120 Å². The SMILES string of the molecule is CC=C(CCC(C)C1CCC2(C)C3=CCC4C(C)C(OC(C)=O)CCC4(C)C3CCC12C)C(C)C. The molecule has 0 heterocycles. The lowest BCUT2D eigenvalue weighted by atomic mass is 9.42. The molecule has 9 unspecified atom stereocenters. The van der Waals surface area contributed by atoms with E-state index in [-0.39, 0.29) is 12.1 Å². The van der Waals surface area contributed by atoms with E-state index in [1.165, 1.54) is 51.4 Å². The normalized spacial score (nSPS) is 44.2. The van der Waals surface area contributed by atoms with Crippen LogP contribution in [0.5, 0.6) is 0 Å². The highest BCUT2D eigenvalue weighted by molar-refractivity contribution is 5.66. The number of allylic oxidation sites excluding steroid dienone is 4. The van der Waals surface area contributed by atoms with Crippen LogP contribution in [0.2, 0.25) is 0 Å². The summed E-state index contributed by atoms with van der Waals surface area (Å²) in [5, 5.41) is 0. The third-order valence-electron chi connectivity index (χ3n) is 12.4. The minimum atomic E-state index is -0.112. The van der Waals surface area contributed by atoms with Crippen LogP contribution in [0.15, 0.2) is 23.3 Å². The monoisotopic (exact) mass is 482 g/mol. The Morgan fingerprint density at radius 2 is 1.83 bits per heavy atom. The van der Waals surface area contributed by atoms with Crippen molar-refractivity contribution in [2.24, 2.45) is 51.8 Å². The zero-order chi connectivity index (χ0) is 25.8. The van der Waals surface area contributed by atoms with Crippen molar-refractivity contribution in [2.45, 2.75) is 126 Å². The zero-order valence-corrected chi connectivity index (χ0v) is 24.4. The van der Waals surface area contributed by atoms with Crippen molar-refractivity contribution in [1.82, 2.24) is 0 Å². The average Bonchev–Trinajstić information content (AvgIpc) is 3.07. The molecule has 0 aromatic rings. The highest BCUT2D eigenvalue weighted by Crippen LogP contribution is 2.72. The number of esters is 1. The largest absolute Gasteiger partial charge is 0.462 e. The van der Waals surface area contributed by atoms with Crippen LogP contribution in [0.3, 0.4) is 0 Å². The summed E-state index contributed by atoms with van der Waals surface area (Å²) in [6.45, 7) is 21.3. The molecular weight excluding hydrogens is 428 g/mol. The molecule has 0 aromatic heterocycles. The molecule has 0 spiro atoms. The van der Waals surface area contributed by atoms with Gasteiger partial charge in [-0.05, 0) is 116 Å². The fraction of sp³-hybridized carbons (Fsp3) is 0.848. The van der Waals surface area contributed by atoms with Gasteiger partial charge in [0.2, 0.25) is 0 Å². The van der Waals surface area contributed by atoms with Crippen LogP contribution in [0, 0.1) is 51.8 Å². The van der Waals surface area contributed by atoms with Gasteiger partial charge in [0.1, 0.15) is 6.10 Å². The second-order valence-corrected chi connectivity index (χ2v) is 14.1. The highest BCUT2D eigenvalue weighted by Gasteiger charge is 2.64. The van der Waals surface area contributed by atoms with Gasteiger partial charge >= 0.3 is 5.97 Å². The van der Waals surface area contributed by atoms with Crippen molar-refractivity contribution in [3.63, 3.8) is 0 Å². The Kier molecular flexibility index (Phi) is 7.47. The lowest BCUT2D eigenvalue weighted by Crippen LogP contribution is -2.55. The van der Waals surface area contributed by atoms with Gasteiger partial charge in [0, 0.05) is 6.92 Å². The average molecular weight is 483 g/mol. The number of carbonyl (C=O) groups is 1. The number of fused-ring (bicyclic) bond motifs is 5. The Bertz CT molecular complexity index is 866. The zero-order valence-electron chi connectivity index (χ0n) is 24.4. The van der Waals surface area contributed by atoms with E-state index in [1.54, 1.807) is 12.5 Å². The molecule has 0 aliphatic heterocycles. The van der Waals surface area contributed by atoms with E-state index < -0.39 is 0 Å². The third-order valence-corrected chi connectivity index (χ3v) is 12.4. The molecule has 4 rings (SSSR count). The van der Waals surface area contributed by atoms with Gasteiger partial charge in [0.25, 0.3) is 0 Å². The Hall–Kier alpha value is -1.05. The van der Waals surface area contributed by atoms with Crippen molar-refractivity contribution in [3.05, 3.63) is 23.3 Å². The predicted molar refractivity (Wildman–Crippen MR) is 147 cm³/mol. The van der Waals surface area contributed by atoms with Gasteiger partial charge in [-0.15, -0.1) is 0 Å². The molecule has 0 N–H and O–H groups in total. The number of carbonyl (C=O) groups excluding carboxylic acids is 1. The van der Waals surface area contributed by atoms with E-state index >= 15 is 0 Å². The fourth-order valence-electron chi connectivity index (χ4n) is 10.0. The van der Waals surface area contributed by atoms with Crippen molar-refractivity contribution in [2.75, 3.05) is 0 Å². The Labute approximate surface area is 216 Å². The maximum Gasteiger partial charge on any atom is 0.302 e. The smallest absolute Gasteiger partial charge is 0.302 e. The molecule has 3 fully saturated rings. The predicted octanol–water partition coefficient (Wildman–Crippen LogP) is 9.15. The molecule has 0 amide bonds. The summed E-state index contributed by atoms with van der Waals surface area (Å²) in [4.78, 5) is 11.7. The number of hydrogen-bond acceptors (Lipinski definition) is 2. The lowest BCUT2D eigenvalue weighted by molar-refractivity contribution is -0.159. The molecule has 2 heteroatoms. The first kappa shape index (κ1) is 27.0. The van der Waals surface area contributed by atoms with Crippen molar-refractivity contribution >= 4 is 5.97 Å². The second kappa shape index (κ2) is 9.68. The summed E-state index contributed by atoms with van der Waals surface area (Å²) < 4.78 is 5.78. The van der Waals surface area contributed by atoms with E-state index in [9.17, 15) is 4.79 Å². The first-order valence-corrected chi connectivity index (χ1v) is 14.9. The summed E-state index contributed by atoms with van der Waals surface area (Å²) in [5.74, 6) is 3.99. The van der Waals surface area contributed by atoms with Crippen molar-refractivity contribution in [1.29, 1.82) is 0 Å². The Morgan fingerprint density at radius 1 is 1.11 bits per heavy atom. The molecule has 0 bridgehead atoms. The first-order chi connectivity index (χ1) is 16.4. The first-order valence-electron chi connectivity index (χ1n) is 14.9. The molecular formula is C33H54O2. The van der Waals surface area contributed by atoms with Gasteiger partial charge in [-0.25, -0.2) is 0 Å². The molecule has 9 atom stereocenters. The molecule has 2 nitrogen and oxygen atoms in total. The van der Waals surface area contributed by atoms with E-state index in [0.29, 0.717) is 39.9 Å². The molecule has 3 saturated carbocycles. The summed E-state index contributed by atoms with van der Waals surface area (Å²) in [7, 11) is 0. The fourth-order valence-corrected chi connectivity index (χ4v) is 10.0. The van der Waals surface area contributed by atoms with E-state index in [0.717, 1.165) is 18.3 Å². The molecule has 0 aromatic carbocycles. The Morgan fingerprint density at radius 3 is 2.46 bits per heavy atom. The molecule has 4 aliphatic carbocycles. The van der Waals surface area contributed by atoms with Gasteiger partial charge in [0.15, 0.2) is 0 Å². The van der Waals surface area contributed by atoms with Crippen LogP contribution < -0.4 is 0 Å². The summed E-state index contributed by atoms with van der Waals surface area (Å²) >= 11 is 0. The van der Waals surface area contributed by atoms with Crippen LogP contribution in [-0.4, -0.2) is 12.1 Å². The number of hydrogen-bond donors (Lipinski definition) is 0. The van der Waals surface area contributed by atoms with E-state index in [1.807, 2.05) is 5.57 Å². The van der Waals surface area contributed by atoms with Crippen LogP contribution >= 0.6 is 0 Å². The topological polar surface area (TPSA) is 26.3 Å². The number of rotatable bonds is 6. The van der Waals surface area contributed by atoms with E-state index in [2.05, 4.69) is 67.5 Å². The molecule has 0 saturated heterocycles. The second-order valence-electron chi connectivity index (χ2n) is 14.1. The standard InChI is InChI=1S/C33H54O2/c1-10-25(21(2)3)12-11-22(4)26-15-19-33(9)29-14-13-27-23(5)30(35-24(6)34)17-18-31(27,7)28(29)16-20-32(26,33)8/h10,14,21-23,26-28,30H,11-13,15-20H2,1-9H3.